The second-order valence-electron chi connectivity index (χ2n) is 9.05. The van der Waals surface area contributed by atoms with Crippen LogP contribution in [0.2, 0.25) is 0 Å². The van der Waals surface area contributed by atoms with Gasteiger partial charge in [0, 0.05) is 17.3 Å². The second-order valence-corrected chi connectivity index (χ2v) is 9.05. The minimum atomic E-state index is 0.742. The molecule has 0 bridgehead atoms. The lowest BCUT2D eigenvalue weighted by atomic mass is 10.0. The van der Waals surface area contributed by atoms with E-state index in [1.165, 1.54) is 64.2 Å². The van der Waals surface area contributed by atoms with Gasteiger partial charge in [-0.05, 0) is 30.9 Å². The topological polar surface area (TPSA) is 31.4 Å². The van der Waals surface area contributed by atoms with Crippen LogP contribution < -0.4 is 9.47 Å². The molecule has 32 heavy (non-hydrogen) atoms. The smallest absolute Gasteiger partial charge is 0.145 e. The van der Waals surface area contributed by atoms with Gasteiger partial charge in [0.2, 0.25) is 0 Å². The van der Waals surface area contributed by atoms with E-state index in [4.69, 9.17) is 9.47 Å². The van der Waals surface area contributed by atoms with Gasteiger partial charge in [0.25, 0.3) is 0 Å². The van der Waals surface area contributed by atoms with Gasteiger partial charge in [-0.3, -0.25) is 4.98 Å². The van der Waals surface area contributed by atoms with Gasteiger partial charge in [0.1, 0.15) is 11.5 Å². The van der Waals surface area contributed by atoms with Crippen LogP contribution in [0.15, 0.2) is 42.7 Å². The van der Waals surface area contributed by atoms with Crippen molar-refractivity contribution in [3.05, 3.63) is 42.7 Å². The fourth-order valence-electron chi connectivity index (χ4n) is 3.93. The van der Waals surface area contributed by atoms with Crippen LogP contribution in [0.5, 0.6) is 11.5 Å². The van der Waals surface area contributed by atoms with Crippen LogP contribution in [-0.4, -0.2) is 18.2 Å². The average Bonchev–Trinajstić information content (AvgIpc) is 2.83. The molecule has 0 radical (unpaired) electrons. The highest BCUT2D eigenvalue weighted by Crippen LogP contribution is 2.36. The first-order valence-electron chi connectivity index (χ1n) is 13.0. The molecule has 3 nitrogen and oxygen atoms in total. The molecule has 0 aliphatic heterocycles. The second kappa shape index (κ2) is 16.6. The summed E-state index contributed by atoms with van der Waals surface area (Å²) in [6.45, 7) is 8.38. The number of pyridine rings is 1. The van der Waals surface area contributed by atoms with E-state index in [2.05, 4.69) is 44.0 Å². The van der Waals surface area contributed by atoms with E-state index in [-0.39, 0.29) is 0 Å². The zero-order valence-corrected chi connectivity index (χ0v) is 20.8. The molecule has 1 unspecified atom stereocenters. The zero-order valence-electron chi connectivity index (χ0n) is 20.8. The van der Waals surface area contributed by atoms with Gasteiger partial charge in [-0.1, -0.05) is 103 Å². The highest BCUT2D eigenvalue weighted by atomic mass is 16.5. The molecule has 1 atom stereocenters. The molecule has 0 fully saturated rings. The first-order chi connectivity index (χ1) is 15.8. The summed E-state index contributed by atoms with van der Waals surface area (Å²) in [6, 6.07) is 10.3. The molecular weight excluding hydrogens is 394 g/mol. The van der Waals surface area contributed by atoms with E-state index >= 15 is 0 Å². The predicted octanol–water partition coefficient (Wildman–Crippen LogP) is 8.86. The van der Waals surface area contributed by atoms with Crippen molar-refractivity contribution in [2.75, 3.05) is 13.2 Å². The van der Waals surface area contributed by atoms with Crippen molar-refractivity contribution in [2.45, 2.75) is 97.8 Å². The molecule has 2 rings (SSSR count). The van der Waals surface area contributed by atoms with E-state index in [1.54, 1.807) is 0 Å². The lowest BCUT2D eigenvalue weighted by Gasteiger charge is -2.15. The monoisotopic (exact) mass is 439 g/mol. The fraction of sp³-hybridized carbons (Fsp3) is 0.621. The molecule has 2 aromatic rings. The molecule has 0 aliphatic rings. The van der Waals surface area contributed by atoms with Gasteiger partial charge in [0.05, 0.1) is 19.4 Å². The van der Waals surface area contributed by atoms with Crippen molar-refractivity contribution in [1.82, 2.24) is 4.98 Å². The minimum absolute atomic E-state index is 0.742. The number of hydrogen-bond acceptors (Lipinski definition) is 3. The number of hydrogen-bond donors (Lipinski definition) is 0. The lowest BCUT2D eigenvalue weighted by Crippen LogP contribution is -2.02. The van der Waals surface area contributed by atoms with Crippen molar-refractivity contribution >= 4 is 0 Å². The Bertz CT molecular complexity index is 731. The number of para-hydroxylation sites is 1. The van der Waals surface area contributed by atoms with Crippen LogP contribution in [0.25, 0.3) is 11.1 Å². The van der Waals surface area contributed by atoms with E-state index < -0.39 is 0 Å². The molecular formula is C29H45NO2. The van der Waals surface area contributed by atoms with Gasteiger partial charge in [-0.15, -0.1) is 0 Å². The van der Waals surface area contributed by atoms with Crippen molar-refractivity contribution < 1.29 is 9.47 Å². The maximum Gasteiger partial charge on any atom is 0.145 e. The maximum absolute atomic E-state index is 6.19. The molecule has 1 aromatic carbocycles. The molecule has 0 amide bonds. The van der Waals surface area contributed by atoms with Crippen molar-refractivity contribution in [3.8, 4) is 22.6 Å². The fourth-order valence-corrected chi connectivity index (χ4v) is 3.93. The Morgan fingerprint density at radius 2 is 1.34 bits per heavy atom. The van der Waals surface area contributed by atoms with Gasteiger partial charge >= 0.3 is 0 Å². The van der Waals surface area contributed by atoms with Gasteiger partial charge in [-0.2, -0.15) is 0 Å². The summed E-state index contributed by atoms with van der Waals surface area (Å²) >= 11 is 0. The van der Waals surface area contributed by atoms with Gasteiger partial charge < -0.3 is 9.47 Å². The summed E-state index contributed by atoms with van der Waals surface area (Å²) in [4.78, 5) is 4.30. The SMILES string of the molecule is CCCCCCCCCOc1cnccc1-c1ccccc1OCCCCCC(C)CC. The van der Waals surface area contributed by atoms with Crippen LogP contribution in [0.1, 0.15) is 97.8 Å². The Balaban J connectivity index is 1.84. The number of aromatic nitrogens is 1. The number of unbranched alkanes of at least 4 members (excludes halogenated alkanes) is 8. The maximum atomic E-state index is 6.19. The lowest BCUT2D eigenvalue weighted by molar-refractivity contribution is 0.299. The molecule has 0 spiro atoms. The van der Waals surface area contributed by atoms with E-state index in [0.29, 0.717) is 0 Å². The first-order valence-corrected chi connectivity index (χ1v) is 13.0. The average molecular weight is 440 g/mol. The Morgan fingerprint density at radius 3 is 2.09 bits per heavy atom. The summed E-state index contributed by atoms with van der Waals surface area (Å²) in [7, 11) is 0. The van der Waals surface area contributed by atoms with Crippen LogP contribution in [-0.2, 0) is 0 Å². The summed E-state index contributed by atoms with van der Waals surface area (Å²) in [6.07, 6.45) is 18.9. The standard InChI is InChI=1S/C29H45NO2/c1-4-6-7-8-9-10-15-23-32-29-24-30-21-20-27(29)26-18-13-14-19-28(26)31-22-16-11-12-17-25(3)5-2/h13-14,18-21,24-25H,4-12,15-17,22-23H2,1-3H3. The Kier molecular flexibility index (Phi) is 13.6. The molecule has 1 heterocycles. The van der Waals surface area contributed by atoms with Crippen molar-refractivity contribution in [1.29, 1.82) is 0 Å². The van der Waals surface area contributed by atoms with Crippen LogP contribution in [0.4, 0.5) is 0 Å². The number of rotatable bonds is 18. The normalized spacial score (nSPS) is 12.0. The zero-order chi connectivity index (χ0) is 22.9. The highest BCUT2D eigenvalue weighted by molar-refractivity contribution is 5.75. The highest BCUT2D eigenvalue weighted by Gasteiger charge is 2.12. The number of benzene rings is 1. The van der Waals surface area contributed by atoms with Crippen molar-refractivity contribution in [2.24, 2.45) is 5.92 Å². The minimum Gasteiger partial charge on any atom is -0.493 e. The third kappa shape index (κ3) is 10.1. The molecule has 0 saturated heterocycles. The predicted molar refractivity (Wildman–Crippen MR) is 137 cm³/mol. The summed E-state index contributed by atoms with van der Waals surface area (Å²) < 4.78 is 12.3. The first kappa shape index (κ1) is 26.2. The molecule has 0 aliphatic carbocycles. The number of ether oxygens (including phenoxy) is 2. The van der Waals surface area contributed by atoms with E-state index in [9.17, 15) is 0 Å². The Morgan fingerprint density at radius 1 is 0.719 bits per heavy atom. The molecule has 178 valence electrons. The number of nitrogens with zero attached hydrogens (tertiary/aromatic N) is 1. The molecule has 1 aromatic heterocycles. The summed E-state index contributed by atoms with van der Waals surface area (Å²) in [5, 5.41) is 0. The van der Waals surface area contributed by atoms with E-state index in [0.717, 1.165) is 54.6 Å². The summed E-state index contributed by atoms with van der Waals surface area (Å²) in [5.74, 6) is 2.62. The third-order valence-corrected chi connectivity index (χ3v) is 6.26. The third-order valence-electron chi connectivity index (χ3n) is 6.26. The largest absolute Gasteiger partial charge is 0.493 e. The van der Waals surface area contributed by atoms with Crippen LogP contribution >= 0.6 is 0 Å². The van der Waals surface area contributed by atoms with Crippen LogP contribution in [0.3, 0.4) is 0 Å². The molecule has 3 heteroatoms. The molecule has 0 saturated carbocycles. The van der Waals surface area contributed by atoms with Gasteiger partial charge in [-0.25, -0.2) is 0 Å². The van der Waals surface area contributed by atoms with Gasteiger partial charge in [0.15, 0.2) is 0 Å². The Labute approximate surface area is 197 Å². The van der Waals surface area contributed by atoms with Crippen LogP contribution in [0, 0.1) is 5.92 Å². The van der Waals surface area contributed by atoms with Crippen molar-refractivity contribution in [3.63, 3.8) is 0 Å². The molecule has 0 N–H and O–H groups in total. The summed E-state index contributed by atoms with van der Waals surface area (Å²) in [5.41, 5.74) is 2.15. The Hall–Kier alpha value is -2.03. The quantitative estimate of drug-likeness (QED) is 0.217. The van der Waals surface area contributed by atoms with E-state index in [1.807, 2.05) is 24.5 Å².